The first-order valence-electron chi connectivity index (χ1n) is 7.82. The SMILES string of the molecule is CCCCCC(NCC)C1CCC(C)(C)CC1. The Bertz CT molecular complexity index is 188. The normalized spacial score (nSPS) is 22.6. The fourth-order valence-electron chi connectivity index (χ4n) is 3.20. The van der Waals surface area contributed by atoms with Gasteiger partial charge in [0.15, 0.2) is 0 Å². The Morgan fingerprint density at radius 2 is 1.76 bits per heavy atom. The standard InChI is InChI=1S/C16H33N/c1-5-7-8-9-15(17-6-2)14-10-12-16(3,4)13-11-14/h14-15,17H,5-13H2,1-4H3. The topological polar surface area (TPSA) is 12.0 Å². The van der Waals surface area contributed by atoms with Crippen molar-refractivity contribution in [2.45, 2.75) is 85.1 Å². The first-order chi connectivity index (χ1) is 8.09. The molecule has 0 bridgehead atoms. The zero-order chi connectivity index (χ0) is 12.7. The van der Waals surface area contributed by atoms with Crippen molar-refractivity contribution < 1.29 is 0 Å². The van der Waals surface area contributed by atoms with E-state index >= 15 is 0 Å². The molecule has 0 aliphatic heterocycles. The van der Waals surface area contributed by atoms with Crippen LogP contribution < -0.4 is 5.32 Å². The van der Waals surface area contributed by atoms with Gasteiger partial charge in [-0.1, -0.05) is 47.0 Å². The monoisotopic (exact) mass is 239 g/mol. The van der Waals surface area contributed by atoms with Crippen LogP contribution in [0.5, 0.6) is 0 Å². The highest BCUT2D eigenvalue weighted by Crippen LogP contribution is 2.39. The minimum atomic E-state index is 0.608. The van der Waals surface area contributed by atoms with Gasteiger partial charge in [0.1, 0.15) is 0 Å². The molecule has 1 saturated carbocycles. The lowest BCUT2D eigenvalue weighted by molar-refractivity contribution is 0.157. The molecule has 1 aliphatic carbocycles. The van der Waals surface area contributed by atoms with Crippen LogP contribution in [0.2, 0.25) is 0 Å². The van der Waals surface area contributed by atoms with Crippen molar-refractivity contribution in [2.24, 2.45) is 11.3 Å². The molecule has 0 aromatic carbocycles. The van der Waals surface area contributed by atoms with E-state index in [-0.39, 0.29) is 0 Å². The summed E-state index contributed by atoms with van der Waals surface area (Å²) in [6, 6.07) is 0.794. The van der Waals surface area contributed by atoms with Gasteiger partial charge in [0.05, 0.1) is 0 Å². The lowest BCUT2D eigenvalue weighted by Crippen LogP contribution is -2.39. The van der Waals surface area contributed by atoms with E-state index in [0.717, 1.165) is 18.5 Å². The molecule has 0 heterocycles. The summed E-state index contributed by atoms with van der Waals surface area (Å²) in [7, 11) is 0. The zero-order valence-corrected chi connectivity index (χ0v) is 12.5. The second kappa shape index (κ2) is 7.41. The quantitative estimate of drug-likeness (QED) is 0.632. The van der Waals surface area contributed by atoms with Crippen LogP contribution in [0.1, 0.15) is 79.1 Å². The van der Waals surface area contributed by atoms with Crippen molar-refractivity contribution in [3.8, 4) is 0 Å². The molecule has 0 aromatic rings. The number of rotatable bonds is 7. The summed E-state index contributed by atoms with van der Waals surface area (Å²) in [6.07, 6.45) is 11.3. The van der Waals surface area contributed by atoms with Crippen LogP contribution in [-0.4, -0.2) is 12.6 Å². The number of unbranched alkanes of at least 4 members (excludes halogenated alkanes) is 2. The minimum absolute atomic E-state index is 0.608. The fourth-order valence-corrected chi connectivity index (χ4v) is 3.20. The molecule has 1 N–H and O–H groups in total. The first-order valence-corrected chi connectivity index (χ1v) is 7.82. The molecule has 1 heteroatoms. The van der Waals surface area contributed by atoms with E-state index in [4.69, 9.17) is 0 Å². The summed E-state index contributed by atoms with van der Waals surface area (Å²) in [5.74, 6) is 0.944. The number of hydrogen-bond acceptors (Lipinski definition) is 1. The van der Waals surface area contributed by atoms with Crippen LogP contribution >= 0.6 is 0 Å². The fraction of sp³-hybridized carbons (Fsp3) is 1.00. The Morgan fingerprint density at radius 1 is 1.12 bits per heavy atom. The van der Waals surface area contributed by atoms with E-state index in [1.165, 1.54) is 51.4 Å². The Balaban J connectivity index is 2.36. The molecule has 102 valence electrons. The molecule has 1 nitrogen and oxygen atoms in total. The molecule has 0 amide bonds. The summed E-state index contributed by atoms with van der Waals surface area (Å²) in [6.45, 7) is 10.5. The molecule has 1 atom stereocenters. The third-order valence-electron chi connectivity index (χ3n) is 4.54. The molecule has 1 aliphatic rings. The van der Waals surface area contributed by atoms with Crippen LogP contribution in [0.25, 0.3) is 0 Å². The average Bonchev–Trinajstić information content (AvgIpc) is 2.28. The Hall–Kier alpha value is -0.0400. The summed E-state index contributed by atoms with van der Waals surface area (Å²) >= 11 is 0. The zero-order valence-electron chi connectivity index (χ0n) is 12.5. The lowest BCUT2D eigenvalue weighted by Gasteiger charge is -2.38. The van der Waals surface area contributed by atoms with Gasteiger partial charge < -0.3 is 5.32 Å². The van der Waals surface area contributed by atoms with Gasteiger partial charge in [-0.25, -0.2) is 0 Å². The molecule has 1 rings (SSSR count). The Labute approximate surface area is 109 Å². The van der Waals surface area contributed by atoms with Gasteiger partial charge in [0.25, 0.3) is 0 Å². The van der Waals surface area contributed by atoms with Crippen molar-refractivity contribution in [3.63, 3.8) is 0 Å². The van der Waals surface area contributed by atoms with Gasteiger partial charge in [-0.05, 0) is 50.0 Å². The highest BCUT2D eigenvalue weighted by molar-refractivity contribution is 4.85. The predicted molar refractivity (Wildman–Crippen MR) is 77.3 cm³/mol. The van der Waals surface area contributed by atoms with E-state index in [0.29, 0.717) is 5.41 Å². The molecular weight excluding hydrogens is 206 g/mol. The van der Waals surface area contributed by atoms with Crippen molar-refractivity contribution in [3.05, 3.63) is 0 Å². The van der Waals surface area contributed by atoms with Crippen molar-refractivity contribution >= 4 is 0 Å². The van der Waals surface area contributed by atoms with Gasteiger partial charge in [-0.2, -0.15) is 0 Å². The maximum absolute atomic E-state index is 3.74. The molecule has 0 radical (unpaired) electrons. The average molecular weight is 239 g/mol. The van der Waals surface area contributed by atoms with Crippen LogP contribution in [0.3, 0.4) is 0 Å². The molecule has 1 fully saturated rings. The smallest absolute Gasteiger partial charge is 0.00952 e. The van der Waals surface area contributed by atoms with Gasteiger partial charge in [0, 0.05) is 6.04 Å². The van der Waals surface area contributed by atoms with Gasteiger partial charge in [-0.15, -0.1) is 0 Å². The van der Waals surface area contributed by atoms with E-state index in [1.54, 1.807) is 0 Å². The predicted octanol–water partition coefficient (Wildman–Crippen LogP) is 4.76. The highest BCUT2D eigenvalue weighted by atomic mass is 14.9. The number of nitrogens with one attached hydrogen (secondary N) is 1. The molecule has 0 saturated heterocycles. The maximum Gasteiger partial charge on any atom is 0.00952 e. The molecule has 0 aromatic heterocycles. The summed E-state index contributed by atoms with van der Waals surface area (Å²) in [4.78, 5) is 0. The molecule has 1 unspecified atom stereocenters. The van der Waals surface area contributed by atoms with Crippen LogP contribution in [0.4, 0.5) is 0 Å². The summed E-state index contributed by atoms with van der Waals surface area (Å²) < 4.78 is 0. The van der Waals surface area contributed by atoms with Crippen LogP contribution in [-0.2, 0) is 0 Å². The Morgan fingerprint density at radius 3 is 2.29 bits per heavy atom. The van der Waals surface area contributed by atoms with Crippen molar-refractivity contribution in [2.75, 3.05) is 6.54 Å². The van der Waals surface area contributed by atoms with Crippen LogP contribution in [0, 0.1) is 11.3 Å². The van der Waals surface area contributed by atoms with Crippen molar-refractivity contribution in [1.29, 1.82) is 0 Å². The first kappa shape index (κ1) is 15.0. The van der Waals surface area contributed by atoms with E-state index in [9.17, 15) is 0 Å². The third-order valence-corrected chi connectivity index (χ3v) is 4.54. The number of hydrogen-bond donors (Lipinski definition) is 1. The maximum atomic E-state index is 3.74. The Kier molecular flexibility index (Phi) is 6.54. The van der Waals surface area contributed by atoms with E-state index < -0.39 is 0 Å². The minimum Gasteiger partial charge on any atom is -0.314 e. The second-order valence-electron chi connectivity index (χ2n) is 6.66. The van der Waals surface area contributed by atoms with Crippen LogP contribution in [0.15, 0.2) is 0 Å². The van der Waals surface area contributed by atoms with Gasteiger partial charge in [-0.3, -0.25) is 0 Å². The molecule has 17 heavy (non-hydrogen) atoms. The summed E-state index contributed by atoms with van der Waals surface area (Å²) in [5, 5.41) is 3.74. The summed E-state index contributed by atoms with van der Waals surface area (Å²) in [5.41, 5.74) is 0.608. The third kappa shape index (κ3) is 5.42. The second-order valence-corrected chi connectivity index (χ2v) is 6.66. The largest absolute Gasteiger partial charge is 0.314 e. The molecule has 0 spiro atoms. The highest BCUT2D eigenvalue weighted by Gasteiger charge is 2.30. The van der Waals surface area contributed by atoms with Gasteiger partial charge >= 0.3 is 0 Å². The van der Waals surface area contributed by atoms with E-state index in [2.05, 4.69) is 33.0 Å². The van der Waals surface area contributed by atoms with E-state index in [1.807, 2.05) is 0 Å². The van der Waals surface area contributed by atoms with Gasteiger partial charge in [0.2, 0.25) is 0 Å². The lowest BCUT2D eigenvalue weighted by atomic mass is 9.70. The molecular formula is C16H33N. The van der Waals surface area contributed by atoms with Crippen molar-refractivity contribution in [1.82, 2.24) is 5.32 Å².